The van der Waals surface area contributed by atoms with Gasteiger partial charge in [-0.15, -0.1) is 0 Å². The van der Waals surface area contributed by atoms with Crippen molar-refractivity contribution in [2.45, 2.75) is 5.41 Å². The van der Waals surface area contributed by atoms with Crippen LogP contribution in [0.1, 0.15) is 27.8 Å². The van der Waals surface area contributed by atoms with Crippen molar-refractivity contribution in [3.63, 3.8) is 0 Å². The number of nitriles is 1. The molecule has 2 aliphatic rings. The van der Waals surface area contributed by atoms with Crippen LogP contribution in [0.25, 0.3) is 67.5 Å². The van der Waals surface area contributed by atoms with Crippen LogP contribution in [0.4, 0.5) is 0 Å². The number of rotatable bonds is 5. The van der Waals surface area contributed by atoms with Crippen LogP contribution in [0, 0.1) is 11.3 Å². The first-order valence-corrected chi connectivity index (χ1v) is 19.3. The SMILES string of the molecule is N#Cc1cccc(-c2ccc3c(c2)-c2cc(-c4cccc(-c5nc(-c6ccccc6)nc(-c6ccccc6)n5)c4)ccc2C32c3ccccc3Oc3ccccc32)c1. The molecule has 9 aromatic rings. The zero-order valence-corrected chi connectivity index (χ0v) is 31.2. The number of hydrogen-bond donors (Lipinski definition) is 0. The molecule has 5 heteroatoms. The highest BCUT2D eigenvalue weighted by molar-refractivity contribution is 5.93. The van der Waals surface area contributed by atoms with E-state index in [4.69, 9.17) is 19.7 Å². The average molecular weight is 741 g/mol. The third kappa shape index (κ3) is 5.27. The number of aromatic nitrogens is 3. The molecule has 0 unspecified atom stereocenters. The molecule has 1 aliphatic carbocycles. The van der Waals surface area contributed by atoms with Gasteiger partial charge in [-0.05, 0) is 87.0 Å². The third-order valence-electron chi connectivity index (χ3n) is 11.4. The second-order valence-corrected chi connectivity index (χ2v) is 14.7. The lowest BCUT2D eigenvalue weighted by Gasteiger charge is -2.39. The van der Waals surface area contributed by atoms with Crippen molar-refractivity contribution in [3.05, 3.63) is 222 Å². The second-order valence-electron chi connectivity index (χ2n) is 14.7. The van der Waals surface area contributed by atoms with E-state index in [2.05, 4.69) is 109 Å². The molecule has 0 N–H and O–H groups in total. The van der Waals surface area contributed by atoms with E-state index >= 15 is 0 Å². The van der Waals surface area contributed by atoms with E-state index in [9.17, 15) is 5.26 Å². The molecule has 0 radical (unpaired) electrons. The first kappa shape index (κ1) is 33.4. The Kier molecular flexibility index (Phi) is 7.70. The van der Waals surface area contributed by atoms with E-state index in [1.807, 2.05) is 91.0 Å². The lowest BCUT2D eigenvalue weighted by atomic mass is 9.66. The minimum atomic E-state index is -0.601. The molecule has 270 valence electrons. The maximum Gasteiger partial charge on any atom is 0.164 e. The zero-order chi connectivity index (χ0) is 38.6. The number of fused-ring (bicyclic) bond motifs is 9. The molecule has 8 aromatic carbocycles. The van der Waals surface area contributed by atoms with Crippen LogP contribution in [0.3, 0.4) is 0 Å². The molecule has 0 bridgehead atoms. The molecule has 0 saturated heterocycles. The Morgan fingerprint density at radius 3 is 1.34 bits per heavy atom. The Bertz CT molecular complexity index is 3010. The third-order valence-corrected chi connectivity index (χ3v) is 11.4. The summed E-state index contributed by atoms with van der Waals surface area (Å²) < 4.78 is 6.59. The van der Waals surface area contributed by atoms with Gasteiger partial charge in [0.1, 0.15) is 11.5 Å². The monoisotopic (exact) mass is 740 g/mol. The zero-order valence-electron chi connectivity index (χ0n) is 31.2. The van der Waals surface area contributed by atoms with Gasteiger partial charge in [0.25, 0.3) is 0 Å². The molecular formula is C53H32N4O. The highest BCUT2D eigenvalue weighted by Gasteiger charge is 2.51. The topological polar surface area (TPSA) is 71.7 Å². The normalized spacial score (nSPS) is 12.7. The first-order valence-electron chi connectivity index (χ1n) is 19.3. The largest absolute Gasteiger partial charge is 0.457 e. The van der Waals surface area contributed by atoms with Crippen LogP contribution in [-0.2, 0) is 5.41 Å². The van der Waals surface area contributed by atoms with Crippen molar-refractivity contribution in [3.8, 4) is 85.1 Å². The van der Waals surface area contributed by atoms with E-state index in [0.29, 0.717) is 23.0 Å². The molecule has 0 fully saturated rings. The van der Waals surface area contributed by atoms with Crippen LogP contribution in [0.15, 0.2) is 194 Å². The van der Waals surface area contributed by atoms with Crippen LogP contribution in [0.5, 0.6) is 11.5 Å². The molecule has 1 aliphatic heterocycles. The average Bonchev–Trinajstić information content (AvgIpc) is 3.58. The van der Waals surface area contributed by atoms with Gasteiger partial charge in [0, 0.05) is 27.8 Å². The Hall–Kier alpha value is -7.94. The van der Waals surface area contributed by atoms with Gasteiger partial charge in [-0.1, -0.05) is 152 Å². The van der Waals surface area contributed by atoms with Gasteiger partial charge in [-0.2, -0.15) is 5.26 Å². The first-order chi connectivity index (χ1) is 28.7. The minimum Gasteiger partial charge on any atom is -0.457 e. The molecule has 0 saturated carbocycles. The van der Waals surface area contributed by atoms with Crippen molar-refractivity contribution in [2.24, 2.45) is 0 Å². The van der Waals surface area contributed by atoms with Crippen molar-refractivity contribution in [1.29, 1.82) is 5.26 Å². The fourth-order valence-corrected chi connectivity index (χ4v) is 8.81. The molecule has 0 amide bonds. The van der Waals surface area contributed by atoms with Gasteiger partial charge < -0.3 is 4.74 Å². The van der Waals surface area contributed by atoms with E-state index in [0.717, 1.165) is 72.7 Å². The Morgan fingerprint density at radius 2 is 0.793 bits per heavy atom. The molecule has 5 nitrogen and oxygen atoms in total. The van der Waals surface area contributed by atoms with Gasteiger partial charge in [0.05, 0.1) is 17.0 Å². The maximum absolute atomic E-state index is 9.74. The molecule has 58 heavy (non-hydrogen) atoms. The van der Waals surface area contributed by atoms with Gasteiger partial charge in [-0.3, -0.25) is 0 Å². The molecule has 1 spiro atoms. The fourth-order valence-electron chi connectivity index (χ4n) is 8.81. The summed E-state index contributed by atoms with van der Waals surface area (Å²) in [7, 11) is 0. The highest BCUT2D eigenvalue weighted by atomic mass is 16.5. The van der Waals surface area contributed by atoms with Crippen molar-refractivity contribution in [2.75, 3.05) is 0 Å². The quantitative estimate of drug-likeness (QED) is 0.176. The van der Waals surface area contributed by atoms with Gasteiger partial charge in [-0.25, -0.2) is 15.0 Å². The number of para-hydroxylation sites is 2. The lowest BCUT2D eigenvalue weighted by molar-refractivity contribution is 0.436. The molecule has 0 atom stereocenters. The summed E-state index contributed by atoms with van der Waals surface area (Å²) in [5.41, 5.74) is 13.9. The second kappa shape index (κ2) is 13.4. The Labute approximate surface area is 336 Å². The van der Waals surface area contributed by atoms with Gasteiger partial charge in [0.15, 0.2) is 17.5 Å². The van der Waals surface area contributed by atoms with Crippen LogP contribution < -0.4 is 4.74 Å². The summed E-state index contributed by atoms with van der Waals surface area (Å²) in [6.45, 7) is 0. The summed E-state index contributed by atoms with van der Waals surface area (Å²) in [4.78, 5) is 14.9. The predicted molar refractivity (Wildman–Crippen MR) is 229 cm³/mol. The summed E-state index contributed by atoms with van der Waals surface area (Å²) in [5, 5.41) is 9.74. The maximum atomic E-state index is 9.74. The number of benzene rings is 8. The van der Waals surface area contributed by atoms with E-state index in [1.54, 1.807) is 0 Å². The van der Waals surface area contributed by atoms with E-state index in [-0.39, 0.29) is 0 Å². The van der Waals surface area contributed by atoms with Crippen LogP contribution in [-0.4, -0.2) is 15.0 Å². The highest BCUT2D eigenvalue weighted by Crippen LogP contribution is 2.62. The van der Waals surface area contributed by atoms with Gasteiger partial charge >= 0.3 is 0 Å². The molecular weight excluding hydrogens is 709 g/mol. The van der Waals surface area contributed by atoms with Gasteiger partial charge in [0.2, 0.25) is 0 Å². The molecule has 2 heterocycles. The van der Waals surface area contributed by atoms with Crippen molar-refractivity contribution >= 4 is 0 Å². The summed E-state index contributed by atoms with van der Waals surface area (Å²) in [6.07, 6.45) is 0. The fraction of sp³-hybridized carbons (Fsp3) is 0.0189. The van der Waals surface area contributed by atoms with Crippen molar-refractivity contribution in [1.82, 2.24) is 15.0 Å². The Balaban J connectivity index is 1.11. The van der Waals surface area contributed by atoms with Crippen molar-refractivity contribution < 1.29 is 4.74 Å². The minimum absolute atomic E-state index is 0.601. The number of nitrogens with zero attached hydrogens (tertiary/aromatic N) is 4. The van der Waals surface area contributed by atoms with E-state index in [1.165, 1.54) is 11.1 Å². The van der Waals surface area contributed by atoms with Crippen LogP contribution in [0.2, 0.25) is 0 Å². The smallest absolute Gasteiger partial charge is 0.164 e. The predicted octanol–water partition coefficient (Wildman–Crippen LogP) is 12.5. The summed E-state index contributed by atoms with van der Waals surface area (Å²) in [6, 6.07) is 69.2. The Morgan fingerprint density at radius 1 is 0.362 bits per heavy atom. The number of hydrogen-bond acceptors (Lipinski definition) is 5. The summed E-state index contributed by atoms with van der Waals surface area (Å²) in [5.74, 6) is 3.57. The molecule has 11 rings (SSSR count). The lowest BCUT2D eigenvalue weighted by Crippen LogP contribution is -2.32. The number of ether oxygens (including phenoxy) is 1. The van der Waals surface area contributed by atoms with Crippen LogP contribution >= 0.6 is 0 Å². The standard InChI is InChI=1S/C53H32N4O/c54-33-34-13-11-18-37(29-34)39-25-27-44-42(31-39)43-32-40(26-28-45(43)53(44)46-21-7-9-23-48(46)58-49-24-10-8-22-47(49)53)38-19-12-20-41(30-38)52-56-50(35-14-3-1-4-15-35)55-51(57-52)36-16-5-2-6-17-36/h1-32H. The summed E-state index contributed by atoms with van der Waals surface area (Å²) >= 11 is 0. The molecule has 1 aromatic heterocycles. The van der Waals surface area contributed by atoms with E-state index < -0.39 is 5.41 Å².